The summed E-state index contributed by atoms with van der Waals surface area (Å²) in [6, 6.07) is 17.6. The Labute approximate surface area is 211 Å². The zero-order valence-electron chi connectivity index (χ0n) is 20.8. The van der Waals surface area contributed by atoms with Gasteiger partial charge in [-0.05, 0) is 42.7 Å². The van der Waals surface area contributed by atoms with E-state index in [4.69, 9.17) is 9.47 Å². The van der Waals surface area contributed by atoms with Crippen LogP contribution in [0.25, 0.3) is 11.3 Å². The van der Waals surface area contributed by atoms with E-state index in [1.807, 2.05) is 47.4 Å². The number of fused-ring (bicyclic) bond motifs is 1. The van der Waals surface area contributed by atoms with Gasteiger partial charge >= 0.3 is 0 Å². The van der Waals surface area contributed by atoms with Crippen molar-refractivity contribution in [3.63, 3.8) is 0 Å². The highest BCUT2D eigenvalue weighted by Gasteiger charge is 2.42. The second kappa shape index (κ2) is 10.2. The molecule has 1 unspecified atom stereocenters. The smallest absolute Gasteiger partial charge is 0.273 e. The van der Waals surface area contributed by atoms with Crippen LogP contribution in [0, 0.1) is 6.92 Å². The van der Waals surface area contributed by atoms with Gasteiger partial charge in [0.05, 0.1) is 25.5 Å². The molecule has 2 aromatic heterocycles. The first-order chi connectivity index (χ1) is 17.6. The van der Waals surface area contributed by atoms with Crippen molar-refractivity contribution in [3.8, 4) is 22.8 Å². The van der Waals surface area contributed by atoms with E-state index in [1.165, 1.54) is 5.56 Å². The first-order valence-electron chi connectivity index (χ1n) is 12.3. The van der Waals surface area contributed by atoms with Crippen LogP contribution in [0.4, 0.5) is 0 Å². The molecule has 3 heterocycles. The number of hydrogen-bond donors (Lipinski definition) is 1. The second-order valence-electron chi connectivity index (χ2n) is 9.04. The Balaban J connectivity index is 1.60. The maximum absolute atomic E-state index is 13.7. The predicted octanol–water partition coefficient (Wildman–Crippen LogP) is 5.71. The third-order valence-electron chi connectivity index (χ3n) is 6.52. The lowest BCUT2D eigenvalue weighted by Crippen LogP contribution is -2.29. The molecule has 7 heteroatoms. The molecule has 0 aliphatic carbocycles. The van der Waals surface area contributed by atoms with E-state index in [9.17, 15) is 4.79 Å². The van der Waals surface area contributed by atoms with Crippen LogP contribution in [0.2, 0.25) is 0 Å². The Bertz CT molecular complexity index is 1350. The van der Waals surface area contributed by atoms with Crippen LogP contribution in [0.1, 0.15) is 58.5 Å². The molecule has 0 radical (unpaired) electrons. The van der Waals surface area contributed by atoms with Crippen molar-refractivity contribution in [2.45, 2.75) is 39.3 Å². The van der Waals surface area contributed by atoms with Crippen molar-refractivity contribution in [2.75, 3.05) is 13.7 Å². The molecule has 184 valence electrons. The van der Waals surface area contributed by atoms with Crippen LogP contribution in [0.3, 0.4) is 0 Å². The molecule has 0 saturated heterocycles. The average molecular weight is 483 g/mol. The molecule has 1 atom stereocenters. The molecule has 1 aliphatic rings. The van der Waals surface area contributed by atoms with E-state index in [1.54, 1.807) is 19.5 Å². The SMILES string of the molecule is CCCCOc1ccc(C2c3c(-c4ccc(C)cc4)n[nH]c3C(=O)N2Cc2cccnc2)cc1OC. The number of carbonyl (C=O) groups excluding carboxylic acids is 1. The molecule has 0 saturated carbocycles. The number of H-pyrrole nitrogens is 1. The van der Waals surface area contributed by atoms with Gasteiger partial charge in [0.15, 0.2) is 11.5 Å². The summed E-state index contributed by atoms with van der Waals surface area (Å²) in [5.41, 5.74) is 6.18. The van der Waals surface area contributed by atoms with Crippen LogP contribution in [0.5, 0.6) is 11.5 Å². The zero-order chi connectivity index (χ0) is 25.1. The van der Waals surface area contributed by atoms with Crippen molar-refractivity contribution < 1.29 is 14.3 Å². The molecule has 5 rings (SSSR count). The topological polar surface area (TPSA) is 80.3 Å². The standard InChI is InChI=1S/C29H30N4O3/c1-4-5-15-36-23-13-12-22(16-24(23)35-3)28-25-26(21-10-8-19(2)9-11-21)31-32-27(25)29(34)33(28)18-20-7-6-14-30-17-20/h6-14,16-17,28H,4-5,15,18H2,1-3H3,(H,31,32). The number of rotatable bonds is 9. The largest absolute Gasteiger partial charge is 0.493 e. The third kappa shape index (κ3) is 4.44. The number of benzene rings is 2. The summed E-state index contributed by atoms with van der Waals surface area (Å²) >= 11 is 0. The minimum absolute atomic E-state index is 0.0908. The van der Waals surface area contributed by atoms with Crippen LogP contribution in [-0.4, -0.2) is 39.7 Å². The van der Waals surface area contributed by atoms with Crippen LogP contribution >= 0.6 is 0 Å². The number of carbonyl (C=O) groups is 1. The number of aromatic nitrogens is 3. The van der Waals surface area contributed by atoms with Crippen LogP contribution < -0.4 is 9.47 Å². The molecule has 1 amide bonds. The van der Waals surface area contributed by atoms with Crippen LogP contribution in [-0.2, 0) is 6.54 Å². The maximum Gasteiger partial charge on any atom is 0.273 e. The van der Waals surface area contributed by atoms with Gasteiger partial charge in [0.25, 0.3) is 5.91 Å². The second-order valence-corrected chi connectivity index (χ2v) is 9.04. The number of unbranched alkanes of at least 4 members (excludes halogenated alkanes) is 1. The summed E-state index contributed by atoms with van der Waals surface area (Å²) in [5, 5.41) is 7.60. The number of pyridine rings is 1. The zero-order valence-corrected chi connectivity index (χ0v) is 20.8. The third-order valence-corrected chi connectivity index (χ3v) is 6.52. The molecule has 7 nitrogen and oxygen atoms in total. The lowest BCUT2D eigenvalue weighted by Gasteiger charge is -2.27. The van der Waals surface area contributed by atoms with Crippen molar-refractivity contribution in [1.29, 1.82) is 0 Å². The van der Waals surface area contributed by atoms with Crippen molar-refractivity contribution in [2.24, 2.45) is 0 Å². The van der Waals surface area contributed by atoms with Gasteiger partial charge in [-0.25, -0.2) is 0 Å². The Morgan fingerprint density at radius 2 is 1.92 bits per heavy atom. The van der Waals surface area contributed by atoms with Gasteiger partial charge in [-0.2, -0.15) is 5.10 Å². The van der Waals surface area contributed by atoms with Gasteiger partial charge in [-0.15, -0.1) is 0 Å². The molecule has 2 aromatic carbocycles. The van der Waals surface area contributed by atoms with E-state index in [0.29, 0.717) is 30.3 Å². The Hall–Kier alpha value is -4.13. The summed E-state index contributed by atoms with van der Waals surface area (Å²) in [6.45, 7) is 5.23. The van der Waals surface area contributed by atoms with Gasteiger partial charge in [-0.3, -0.25) is 14.9 Å². The van der Waals surface area contributed by atoms with E-state index in [-0.39, 0.29) is 11.9 Å². The number of amides is 1. The molecular weight excluding hydrogens is 452 g/mol. The van der Waals surface area contributed by atoms with E-state index in [2.05, 4.69) is 41.2 Å². The van der Waals surface area contributed by atoms with E-state index < -0.39 is 0 Å². The highest BCUT2D eigenvalue weighted by atomic mass is 16.5. The Morgan fingerprint density at radius 1 is 1.08 bits per heavy atom. The minimum Gasteiger partial charge on any atom is -0.493 e. The fraction of sp³-hybridized carbons (Fsp3) is 0.276. The summed E-state index contributed by atoms with van der Waals surface area (Å²) in [7, 11) is 1.64. The minimum atomic E-state index is -0.346. The lowest BCUT2D eigenvalue weighted by molar-refractivity contribution is 0.0729. The quantitative estimate of drug-likeness (QED) is 0.309. The molecule has 4 aromatic rings. The summed E-state index contributed by atoms with van der Waals surface area (Å²) < 4.78 is 11.6. The number of aromatic amines is 1. The molecule has 0 spiro atoms. The van der Waals surface area contributed by atoms with Crippen molar-refractivity contribution in [3.05, 3.63) is 94.9 Å². The predicted molar refractivity (Wildman–Crippen MR) is 138 cm³/mol. The number of aryl methyl sites for hydroxylation is 1. The first-order valence-corrected chi connectivity index (χ1v) is 12.3. The van der Waals surface area contributed by atoms with Crippen molar-refractivity contribution >= 4 is 5.91 Å². The molecule has 0 bridgehead atoms. The normalized spacial score (nSPS) is 14.7. The Kier molecular flexibility index (Phi) is 6.71. The Morgan fingerprint density at radius 3 is 2.64 bits per heavy atom. The van der Waals surface area contributed by atoms with Crippen LogP contribution in [0.15, 0.2) is 67.0 Å². The molecule has 1 N–H and O–H groups in total. The highest BCUT2D eigenvalue weighted by Crippen LogP contribution is 2.45. The summed E-state index contributed by atoms with van der Waals surface area (Å²) in [5.74, 6) is 1.25. The average Bonchev–Trinajstić information content (AvgIpc) is 3.44. The number of nitrogens with zero attached hydrogens (tertiary/aromatic N) is 3. The van der Waals surface area contributed by atoms with Gasteiger partial charge < -0.3 is 14.4 Å². The lowest BCUT2D eigenvalue weighted by atomic mass is 9.95. The summed E-state index contributed by atoms with van der Waals surface area (Å²) in [6.07, 6.45) is 5.55. The van der Waals surface area contributed by atoms with Crippen molar-refractivity contribution in [1.82, 2.24) is 20.1 Å². The van der Waals surface area contributed by atoms with E-state index in [0.717, 1.165) is 40.8 Å². The fourth-order valence-electron chi connectivity index (χ4n) is 4.63. The first kappa shape index (κ1) is 23.6. The number of methoxy groups -OCH3 is 1. The maximum atomic E-state index is 13.7. The van der Waals surface area contributed by atoms with Gasteiger partial charge in [-0.1, -0.05) is 55.3 Å². The number of hydrogen-bond acceptors (Lipinski definition) is 5. The fourth-order valence-corrected chi connectivity index (χ4v) is 4.63. The summed E-state index contributed by atoms with van der Waals surface area (Å²) in [4.78, 5) is 19.8. The molecule has 0 fully saturated rings. The highest BCUT2D eigenvalue weighted by molar-refractivity contribution is 6.00. The van der Waals surface area contributed by atoms with E-state index >= 15 is 0 Å². The molecular formula is C29H30N4O3. The van der Waals surface area contributed by atoms with Gasteiger partial charge in [0.2, 0.25) is 0 Å². The van der Waals surface area contributed by atoms with Gasteiger partial charge in [0, 0.05) is 30.1 Å². The monoisotopic (exact) mass is 482 g/mol. The molecule has 36 heavy (non-hydrogen) atoms. The number of ether oxygens (including phenoxy) is 2. The molecule has 1 aliphatic heterocycles. The van der Waals surface area contributed by atoms with Gasteiger partial charge in [0.1, 0.15) is 5.69 Å². The number of nitrogens with one attached hydrogen (secondary N) is 1.